The highest BCUT2D eigenvalue weighted by atomic mass is 35.5. The summed E-state index contributed by atoms with van der Waals surface area (Å²) in [6, 6.07) is 16.7. The number of aryl methyl sites for hydroxylation is 1. The van der Waals surface area contributed by atoms with Gasteiger partial charge in [-0.2, -0.15) is 0 Å². The summed E-state index contributed by atoms with van der Waals surface area (Å²) in [5.41, 5.74) is 0.757. The van der Waals surface area contributed by atoms with E-state index in [-0.39, 0.29) is 12.5 Å². The number of hydrogen-bond donors (Lipinski definition) is 2. The molecule has 116 valence electrons. The molecule has 0 spiro atoms. The van der Waals surface area contributed by atoms with Crippen LogP contribution in [-0.2, 0) is 6.42 Å². The zero-order valence-corrected chi connectivity index (χ0v) is 13.3. The molecule has 0 saturated carbocycles. The Morgan fingerprint density at radius 2 is 1.77 bits per heavy atom. The second kappa shape index (κ2) is 7.43. The highest BCUT2D eigenvalue weighted by Crippen LogP contribution is 2.14. The van der Waals surface area contributed by atoms with Crippen molar-refractivity contribution in [2.75, 3.05) is 6.54 Å². The Morgan fingerprint density at radius 1 is 1.14 bits per heavy atom. The van der Waals surface area contributed by atoms with Crippen LogP contribution in [0.2, 0.25) is 5.02 Å². The van der Waals surface area contributed by atoms with E-state index in [1.54, 1.807) is 31.2 Å². The standard InChI is InChI=1S/C18H20ClNO2/c1-18(22,12-11-14-5-3-2-4-6-14)13-20-17(21)15-7-9-16(19)10-8-15/h2-10,22H,11-13H2,1H3,(H,20,21)/t18-/m0/s1. The van der Waals surface area contributed by atoms with Crippen LogP contribution >= 0.6 is 11.6 Å². The van der Waals surface area contributed by atoms with Gasteiger partial charge >= 0.3 is 0 Å². The highest BCUT2D eigenvalue weighted by Gasteiger charge is 2.21. The Balaban J connectivity index is 1.83. The maximum absolute atomic E-state index is 12.0. The summed E-state index contributed by atoms with van der Waals surface area (Å²) in [6.07, 6.45) is 1.35. The molecule has 0 fully saturated rings. The molecule has 2 N–H and O–H groups in total. The average molecular weight is 318 g/mol. The number of nitrogens with one attached hydrogen (secondary N) is 1. The molecule has 0 bridgehead atoms. The average Bonchev–Trinajstić information content (AvgIpc) is 2.53. The molecule has 3 nitrogen and oxygen atoms in total. The molecule has 0 radical (unpaired) electrons. The van der Waals surface area contributed by atoms with Crippen molar-refractivity contribution in [2.24, 2.45) is 0 Å². The summed E-state index contributed by atoms with van der Waals surface area (Å²) >= 11 is 5.79. The molecule has 0 aliphatic carbocycles. The second-order valence-corrected chi connectivity index (χ2v) is 6.11. The Labute approximate surface area is 135 Å². The summed E-state index contributed by atoms with van der Waals surface area (Å²) in [5, 5.41) is 13.7. The van der Waals surface area contributed by atoms with Crippen LogP contribution < -0.4 is 5.32 Å². The van der Waals surface area contributed by atoms with Crippen molar-refractivity contribution in [1.82, 2.24) is 5.32 Å². The first-order chi connectivity index (χ1) is 10.5. The van der Waals surface area contributed by atoms with Gasteiger partial charge in [0.05, 0.1) is 5.60 Å². The Bertz CT molecular complexity index is 609. The molecule has 0 unspecified atom stereocenters. The quantitative estimate of drug-likeness (QED) is 0.857. The van der Waals surface area contributed by atoms with Gasteiger partial charge in [0.25, 0.3) is 5.91 Å². The molecule has 2 aromatic carbocycles. The minimum Gasteiger partial charge on any atom is -0.388 e. The Morgan fingerprint density at radius 3 is 2.41 bits per heavy atom. The van der Waals surface area contributed by atoms with Gasteiger partial charge < -0.3 is 10.4 Å². The van der Waals surface area contributed by atoms with E-state index < -0.39 is 5.60 Å². The van der Waals surface area contributed by atoms with Gasteiger partial charge in [-0.15, -0.1) is 0 Å². The largest absolute Gasteiger partial charge is 0.388 e. The lowest BCUT2D eigenvalue weighted by molar-refractivity contribution is 0.0478. The van der Waals surface area contributed by atoms with E-state index in [9.17, 15) is 9.90 Å². The molecular weight excluding hydrogens is 298 g/mol. The summed E-state index contributed by atoms with van der Waals surface area (Å²) in [5.74, 6) is -0.211. The number of amides is 1. The number of hydrogen-bond acceptors (Lipinski definition) is 2. The maximum atomic E-state index is 12.0. The lowest BCUT2D eigenvalue weighted by Gasteiger charge is -2.23. The molecule has 0 aliphatic heterocycles. The minimum atomic E-state index is -0.947. The predicted molar refractivity (Wildman–Crippen MR) is 89.2 cm³/mol. The number of carbonyl (C=O) groups is 1. The van der Waals surface area contributed by atoms with Crippen LogP contribution in [0.1, 0.15) is 29.3 Å². The van der Waals surface area contributed by atoms with Gasteiger partial charge in [-0.3, -0.25) is 4.79 Å². The molecule has 22 heavy (non-hydrogen) atoms. The van der Waals surface area contributed by atoms with E-state index in [2.05, 4.69) is 5.32 Å². The smallest absolute Gasteiger partial charge is 0.251 e. The van der Waals surface area contributed by atoms with Gasteiger partial charge in [0.2, 0.25) is 0 Å². The fourth-order valence-electron chi connectivity index (χ4n) is 2.12. The molecule has 1 atom stereocenters. The maximum Gasteiger partial charge on any atom is 0.251 e. The fraction of sp³-hybridized carbons (Fsp3) is 0.278. The fourth-order valence-corrected chi connectivity index (χ4v) is 2.25. The molecule has 0 aliphatic rings. The van der Waals surface area contributed by atoms with Gasteiger partial charge in [0.1, 0.15) is 0 Å². The van der Waals surface area contributed by atoms with Crippen LogP contribution in [0.25, 0.3) is 0 Å². The molecule has 4 heteroatoms. The van der Waals surface area contributed by atoms with Crippen molar-refractivity contribution in [2.45, 2.75) is 25.4 Å². The third-order valence-corrected chi connectivity index (χ3v) is 3.78. The van der Waals surface area contributed by atoms with E-state index in [1.807, 2.05) is 30.3 Å². The summed E-state index contributed by atoms with van der Waals surface area (Å²) < 4.78 is 0. The van der Waals surface area contributed by atoms with Crippen molar-refractivity contribution in [1.29, 1.82) is 0 Å². The summed E-state index contributed by atoms with van der Waals surface area (Å²) in [4.78, 5) is 12.0. The van der Waals surface area contributed by atoms with E-state index in [1.165, 1.54) is 5.56 Å². The van der Waals surface area contributed by atoms with Crippen molar-refractivity contribution >= 4 is 17.5 Å². The molecule has 0 heterocycles. The first-order valence-corrected chi connectivity index (χ1v) is 7.64. The van der Waals surface area contributed by atoms with Crippen molar-refractivity contribution in [3.05, 3.63) is 70.7 Å². The minimum absolute atomic E-state index is 0.210. The van der Waals surface area contributed by atoms with E-state index in [0.29, 0.717) is 17.0 Å². The van der Waals surface area contributed by atoms with Gasteiger partial charge in [0.15, 0.2) is 0 Å². The van der Waals surface area contributed by atoms with Gasteiger partial charge in [-0.05, 0) is 49.6 Å². The van der Waals surface area contributed by atoms with Crippen LogP contribution in [0.15, 0.2) is 54.6 Å². The van der Waals surface area contributed by atoms with Crippen LogP contribution in [0.3, 0.4) is 0 Å². The van der Waals surface area contributed by atoms with Crippen molar-refractivity contribution < 1.29 is 9.90 Å². The summed E-state index contributed by atoms with van der Waals surface area (Å²) in [6.45, 7) is 1.94. The number of rotatable bonds is 6. The number of benzene rings is 2. The topological polar surface area (TPSA) is 49.3 Å². The predicted octanol–water partition coefficient (Wildman–Crippen LogP) is 3.45. The normalized spacial score (nSPS) is 13.4. The molecule has 2 rings (SSSR count). The zero-order chi connectivity index (χ0) is 16.0. The van der Waals surface area contributed by atoms with Crippen molar-refractivity contribution in [3.63, 3.8) is 0 Å². The second-order valence-electron chi connectivity index (χ2n) is 5.67. The van der Waals surface area contributed by atoms with Crippen LogP contribution in [-0.4, -0.2) is 23.2 Å². The summed E-state index contributed by atoms with van der Waals surface area (Å²) in [7, 11) is 0. The monoisotopic (exact) mass is 317 g/mol. The zero-order valence-electron chi connectivity index (χ0n) is 12.6. The van der Waals surface area contributed by atoms with E-state index in [4.69, 9.17) is 11.6 Å². The molecular formula is C18H20ClNO2. The van der Waals surface area contributed by atoms with E-state index >= 15 is 0 Å². The third-order valence-electron chi connectivity index (χ3n) is 3.53. The van der Waals surface area contributed by atoms with Crippen molar-refractivity contribution in [3.8, 4) is 0 Å². The van der Waals surface area contributed by atoms with Crippen LogP contribution in [0.4, 0.5) is 0 Å². The Kier molecular flexibility index (Phi) is 5.58. The molecule has 0 aromatic heterocycles. The highest BCUT2D eigenvalue weighted by molar-refractivity contribution is 6.30. The van der Waals surface area contributed by atoms with Gasteiger partial charge in [0, 0.05) is 17.1 Å². The first-order valence-electron chi connectivity index (χ1n) is 7.26. The first kappa shape index (κ1) is 16.5. The number of carbonyl (C=O) groups excluding carboxylic acids is 1. The Hall–Kier alpha value is -1.84. The number of aliphatic hydroxyl groups is 1. The molecule has 2 aromatic rings. The number of halogens is 1. The molecule has 0 saturated heterocycles. The SMILES string of the molecule is C[C@](O)(CCc1ccccc1)CNC(=O)c1ccc(Cl)cc1. The lowest BCUT2D eigenvalue weighted by atomic mass is 9.96. The van der Waals surface area contributed by atoms with E-state index in [0.717, 1.165) is 6.42 Å². The van der Waals surface area contributed by atoms with Gasteiger partial charge in [-0.1, -0.05) is 41.9 Å². The van der Waals surface area contributed by atoms with Crippen LogP contribution in [0.5, 0.6) is 0 Å². The lowest BCUT2D eigenvalue weighted by Crippen LogP contribution is -2.41. The van der Waals surface area contributed by atoms with Crippen LogP contribution in [0, 0.1) is 0 Å². The molecule has 1 amide bonds. The third kappa shape index (κ3) is 5.17. The van der Waals surface area contributed by atoms with Gasteiger partial charge in [-0.25, -0.2) is 0 Å².